The Hall–Kier alpha value is -2.37. The van der Waals surface area contributed by atoms with Gasteiger partial charge >= 0.3 is 0 Å². The maximum absolute atomic E-state index is 11.9. The molecule has 25 heavy (non-hydrogen) atoms. The average molecular weight is 344 g/mol. The third-order valence-corrected chi connectivity index (χ3v) is 4.09. The summed E-state index contributed by atoms with van der Waals surface area (Å²) in [7, 11) is 1.63. The van der Waals surface area contributed by atoms with Gasteiger partial charge in [0.2, 0.25) is 5.91 Å². The lowest BCUT2D eigenvalue weighted by Gasteiger charge is -2.03. The smallest absolute Gasteiger partial charge is 0.220 e. The zero-order valence-electron chi connectivity index (χ0n) is 15.2. The van der Waals surface area contributed by atoms with Gasteiger partial charge in [-0.05, 0) is 30.7 Å². The van der Waals surface area contributed by atoms with Crippen LogP contribution in [0.15, 0.2) is 24.3 Å². The Bertz CT molecular complexity index is 637. The number of aromatic amines is 1. The minimum absolute atomic E-state index is 0.0675. The minimum atomic E-state index is 0.0675. The number of rotatable bonds is 11. The number of carbonyl (C=O) groups excluding carboxylic acids is 1. The van der Waals surface area contributed by atoms with Gasteiger partial charge in [-0.25, -0.2) is 4.98 Å². The molecule has 136 valence electrons. The molecule has 2 aromatic rings. The summed E-state index contributed by atoms with van der Waals surface area (Å²) in [6.45, 7) is 2.58. The number of nitrogens with zero attached hydrogens (tertiary/aromatic N) is 2. The summed E-state index contributed by atoms with van der Waals surface area (Å²) >= 11 is 0. The van der Waals surface area contributed by atoms with Crippen molar-refractivity contribution in [1.29, 1.82) is 0 Å². The Balaban J connectivity index is 1.71. The first-order valence-electron chi connectivity index (χ1n) is 9.05. The van der Waals surface area contributed by atoms with Gasteiger partial charge in [-0.15, -0.1) is 0 Å². The van der Waals surface area contributed by atoms with Crippen molar-refractivity contribution in [2.45, 2.75) is 58.4 Å². The summed E-state index contributed by atoms with van der Waals surface area (Å²) in [6, 6.07) is 7.55. The molecule has 1 aromatic heterocycles. The van der Waals surface area contributed by atoms with E-state index < -0.39 is 0 Å². The number of aromatic nitrogens is 3. The second-order valence-corrected chi connectivity index (χ2v) is 6.13. The van der Waals surface area contributed by atoms with E-state index in [2.05, 4.69) is 27.4 Å². The standard InChI is InChI=1S/C19H28N4O2/c1-3-4-5-6-7-8-9-18(24)20-14-17-21-19(23-22-17)15-10-12-16(25-2)13-11-15/h10-13H,3-9,14H2,1-2H3,(H,20,24)(H,21,22,23). The van der Waals surface area contributed by atoms with Gasteiger partial charge in [0, 0.05) is 12.0 Å². The normalized spacial score (nSPS) is 10.6. The molecule has 0 atom stereocenters. The SMILES string of the molecule is CCCCCCCCC(=O)NCc1nc(-c2ccc(OC)cc2)n[nH]1. The predicted molar refractivity (Wildman–Crippen MR) is 98.2 cm³/mol. The van der Waals surface area contributed by atoms with Crippen molar-refractivity contribution in [2.75, 3.05) is 7.11 Å². The molecule has 0 unspecified atom stereocenters. The lowest BCUT2D eigenvalue weighted by atomic mass is 10.1. The van der Waals surface area contributed by atoms with Crippen molar-refractivity contribution in [3.8, 4) is 17.1 Å². The number of nitrogens with one attached hydrogen (secondary N) is 2. The first-order chi connectivity index (χ1) is 12.2. The van der Waals surface area contributed by atoms with E-state index >= 15 is 0 Å². The second kappa shape index (κ2) is 10.5. The number of unbranched alkanes of at least 4 members (excludes halogenated alkanes) is 5. The first-order valence-corrected chi connectivity index (χ1v) is 9.05. The Morgan fingerprint density at radius 1 is 1.12 bits per heavy atom. The van der Waals surface area contributed by atoms with E-state index in [9.17, 15) is 4.79 Å². The van der Waals surface area contributed by atoms with Gasteiger partial charge in [-0.1, -0.05) is 39.0 Å². The molecule has 2 rings (SSSR count). The van der Waals surface area contributed by atoms with Crippen LogP contribution in [0.2, 0.25) is 0 Å². The number of hydrogen-bond donors (Lipinski definition) is 2. The fraction of sp³-hybridized carbons (Fsp3) is 0.526. The van der Waals surface area contributed by atoms with Crippen molar-refractivity contribution in [3.05, 3.63) is 30.1 Å². The molecule has 0 radical (unpaired) electrons. The Morgan fingerprint density at radius 2 is 1.84 bits per heavy atom. The number of carbonyl (C=O) groups is 1. The highest BCUT2D eigenvalue weighted by molar-refractivity contribution is 5.75. The van der Waals surface area contributed by atoms with E-state index in [4.69, 9.17) is 4.74 Å². The largest absolute Gasteiger partial charge is 0.497 e. The van der Waals surface area contributed by atoms with Crippen molar-refractivity contribution in [2.24, 2.45) is 0 Å². The van der Waals surface area contributed by atoms with E-state index in [1.165, 1.54) is 25.7 Å². The summed E-state index contributed by atoms with van der Waals surface area (Å²) in [6.07, 6.45) is 7.66. The number of ether oxygens (including phenoxy) is 1. The molecule has 0 aliphatic carbocycles. The predicted octanol–water partition coefficient (Wildman–Crippen LogP) is 3.85. The molecule has 0 bridgehead atoms. The molecule has 6 nitrogen and oxygen atoms in total. The third-order valence-electron chi connectivity index (χ3n) is 4.09. The quantitative estimate of drug-likeness (QED) is 0.607. The van der Waals surface area contributed by atoms with Gasteiger partial charge in [-0.2, -0.15) is 5.10 Å². The third kappa shape index (κ3) is 6.57. The zero-order valence-corrected chi connectivity index (χ0v) is 15.2. The zero-order chi connectivity index (χ0) is 17.9. The molecule has 0 aliphatic rings. The van der Waals surface area contributed by atoms with Crippen molar-refractivity contribution >= 4 is 5.91 Å². The van der Waals surface area contributed by atoms with Gasteiger partial charge in [-0.3, -0.25) is 9.89 Å². The maximum Gasteiger partial charge on any atom is 0.220 e. The van der Waals surface area contributed by atoms with Crippen LogP contribution in [0.3, 0.4) is 0 Å². The molecule has 0 saturated carbocycles. The van der Waals surface area contributed by atoms with Gasteiger partial charge in [0.05, 0.1) is 13.7 Å². The van der Waals surface area contributed by atoms with Crippen LogP contribution in [0, 0.1) is 0 Å². The molecular weight excluding hydrogens is 316 g/mol. The van der Waals surface area contributed by atoms with E-state index in [0.717, 1.165) is 24.2 Å². The summed E-state index contributed by atoms with van der Waals surface area (Å²) in [4.78, 5) is 16.3. The molecule has 0 fully saturated rings. The van der Waals surface area contributed by atoms with Crippen molar-refractivity contribution < 1.29 is 9.53 Å². The van der Waals surface area contributed by atoms with Crippen LogP contribution < -0.4 is 10.1 Å². The van der Waals surface area contributed by atoms with Gasteiger partial charge in [0.15, 0.2) is 5.82 Å². The second-order valence-electron chi connectivity index (χ2n) is 6.13. The first kappa shape index (κ1) is 19.0. The van der Waals surface area contributed by atoms with Crippen molar-refractivity contribution in [1.82, 2.24) is 20.5 Å². The van der Waals surface area contributed by atoms with Crippen LogP contribution in [-0.2, 0) is 11.3 Å². The number of hydrogen-bond acceptors (Lipinski definition) is 4. The lowest BCUT2D eigenvalue weighted by molar-refractivity contribution is -0.121. The monoisotopic (exact) mass is 344 g/mol. The highest BCUT2D eigenvalue weighted by Gasteiger charge is 2.07. The molecule has 0 aliphatic heterocycles. The Kier molecular flexibility index (Phi) is 7.95. The number of amides is 1. The van der Waals surface area contributed by atoms with E-state index in [-0.39, 0.29) is 5.91 Å². The van der Waals surface area contributed by atoms with E-state index in [1.54, 1.807) is 7.11 Å². The highest BCUT2D eigenvalue weighted by atomic mass is 16.5. The van der Waals surface area contributed by atoms with Gasteiger partial charge < -0.3 is 10.1 Å². The van der Waals surface area contributed by atoms with Crippen LogP contribution in [0.5, 0.6) is 5.75 Å². The Labute approximate surface area is 149 Å². The average Bonchev–Trinajstić information content (AvgIpc) is 3.12. The maximum atomic E-state index is 11.9. The van der Waals surface area contributed by atoms with E-state index in [1.807, 2.05) is 24.3 Å². The molecule has 1 amide bonds. The molecule has 0 saturated heterocycles. The number of benzene rings is 1. The minimum Gasteiger partial charge on any atom is -0.497 e. The lowest BCUT2D eigenvalue weighted by Crippen LogP contribution is -2.23. The van der Waals surface area contributed by atoms with Gasteiger partial charge in [0.1, 0.15) is 11.6 Å². The molecule has 2 N–H and O–H groups in total. The molecule has 0 spiro atoms. The molecule has 1 aromatic carbocycles. The summed E-state index contributed by atoms with van der Waals surface area (Å²) in [5.74, 6) is 2.13. The highest BCUT2D eigenvalue weighted by Crippen LogP contribution is 2.18. The summed E-state index contributed by atoms with van der Waals surface area (Å²) < 4.78 is 5.14. The molecule has 1 heterocycles. The molecule has 6 heteroatoms. The van der Waals surface area contributed by atoms with Crippen molar-refractivity contribution in [3.63, 3.8) is 0 Å². The molecular formula is C19H28N4O2. The van der Waals surface area contributed by atoms with Gasteiger partial charge in [0.25, 0.3) is 0 Å². The summed E-state index contributed by atoms with van der Waals surface area (Å²) in [5.41, 5.74) is 0.904. The number of methoxy groups -OCH3 is 1. The van der Waals surface area contributed by atoms with Crippen LogP contribution in [0.1, 0.15) is 57.7 Å². The summed E-state index contributed by atoms with van der Waals surface area (Å²) in [5, 5.41) is 9.96. The van der Waals surface area contributed by atoms with E-state index in [0.29, 0.717) is 24.6 Å². The van der Waals surface area contributed by atoms with Crippen LogP contribution in [0.4, 0.5) is 0 Å². The van der Waals surface area contributed by atoms with Crippen LogP contribution in [0.25, 0.3) is 11.4 Å². The fourth-order valence-corrected chi connectivity index (χ4v) is 2.58. The fourth-order valence-electron chi connectivity index (χ4n) is 2.58. The Morgan fingerprint density at radius 3 is 2.56 bits per heavy atom. The topological polar surface area (TPSA) is 79.9 Å². The number of H-pyrrole nitrogens is 1. The van der Waals surface area contributed by atoms with Crippen LogP contribution >= 0.6 is 0 Å². The van der Waals surface area contributed by atoms with Crippen LogP contribution in [-0.4, -0.2) is 28.2 Å².